The molecule has 0 spiro atoms. The molecule has 0 aromatic carbocycles. The largest absolute Gasteiger partial charge is 0.224 e. The fourth-order valence-corrected chi connectivity index (χ4v) is 0. The zero-order chi connectivity index (χ0) is 4.28. The Bertz CT molecular complexity index is 20.9. The molecule has 2 heteroatoms. The van der Waals surface area contributed by atoms with Crippen molar-refractivity contribution in [3.63, 3.8) is 0 Å². The summed E-state index contributed by atoms with van der Waals surface area (Å²) < 4.78 is 1.60. The number of rotatable bonds is 1. The van der Waals surface area contributed by atoms with Gasteiger partial charge in [0.2, 0.25) is 0 Å². The van der Waals surface area contributed by atoms with Crippen molar-refractivity contribution >= 4 is 11.8 Å². The van der Waals surface area contributed by atoms with E-state index >= 15 is 0 Å². The molecule has 0 amide bonds. The van der Waals surface area contributed by atoms with Crippen molar-refractivity contribution in [2.24, 2.45) is 0 Å². The van der Waals surface area contributed by atoms with Crippen LogP contribution in [-0.2, 0) is 0 Å². The summed E-state index contributed by atoms with van der Waals surface area (Å²) in [5.74, 6) is 0. The van der Waals surface area contributed by atoms with Crippen LogP contribution in [0.25, 0.3) is 0 Å². The average molecular weight is 93.6 g/mol. The minimum absolute atomic E-state index is 0.904. The normalized spacial score (nSPS) is 9.60. The zero-order valence-corrected chi connectivity index (χ0v) is 4.29. The molecule has 0 aromatic heterocycles. The molecule has 0 radical (unpaired) electrons. The van der Waals surface area contributed by atoms with Gasteiger partial charge in [0.25, 0.3) is 0 Å². The monoisotopic (exact) mass is 93.0 g/mol. The van der Waals surface area contributed by atoms with Crippen molar-refractivity contribution in [2.45, 2.75) is 6.92 Å². The molecule has 5 heavy (non-hydrogen) atoms. The fraction of sp³-hybridized carbons (Fsp3) is 1.00. The van der Waals surface area contributed by atoms with Crippen LogP contribution < -0.4 is 0 Å². The van der Waals surface area contributed by atoms with E-state index in [1.807, 2.05) is 14.0 Å². The molecular formula is C3H8ClN. The smallest absolute Gasteiger partial charge is 0.0107 e. The van der Waals surface area contributed by atoms with E-state index < -0.39 is 0 Å². The van der Waals surface area contributed by atoms with Crippen molar-refractivity contribution in [2.75, 3.05) is 13.6 Å². The van der Waals surface area contributed by atoms with Gasteiger partial charge >= 0.3 is 0 Å². The van der Waals surface area contributed by atoms with E-state index in [0.29, 0.717) is 0 Å². The van der Waals surface area contributed by atoms with Crippen molar-refractivity contribution in [1.29, 1.82) is 0 Å². The molecule has 0 rings (SSSR count). The van der Waals surface area contributed by atoms with Crippen LogP contribution in [-0.4, -0.2) is 18.0 Å². The lowest BCUT2D eigenvalue weighted by Crippen LogP contribution is -2.00. The van der Waals surface area contributed by atoms with E-state index in [4.69, 9.17) is 11.8 Å². The lowest BCUT2D eigenvalue weighted by Gasteiger charge is -1.95. The predicted molar refractivity (Wildman–Crippen MR) is 24.2 cm³/mol. The zero-order valence-electron chi connectivity index (χ0n) is 3.53. The molecule has 0 atom stereocenters. The maximum absolute atomic E-state index is 5.30. The van der Waals surface area contributed by atoms with Gasteiger partial charge in [0.15, 0.2) is 0 Å². The molecule has 0 aromatic rings. The first-order chi connectivity index (χ1) is 2.27. The highest BCUT2D eigenvalue weighted by molar-refractivity contribution is 6.13. The second-order valence-electron chi connectivity index (χ2n) is 0.921. The summed E-state index contributed by atoms with van der Waals surface area (Å²) in [5.41, 5.74) is 0. The molecule has 0 aliphatic carbocycles. The molecule has 0 fully saturated rings. The molecular weight excluding hydrogens is 85.5 g/mol. The van der Waals surface area contributed by atoms with Gasteiger partial charge in [0.05, 0.1) is 0 Å². The standard InChI is InChI=1S/C3H8ClN/c1-3-5(2)4/h3H2,1-2H3. The molecule has 0 saturated carbocycles. The molecule has 32 valence electrons. The Labute approximate surface area is 37.6 Å². The predicted octanol–water partition coefficient (Wildman–Crippen LogP) is 1.09. The van der Waals surface area contributed by atoms with Gasteiger partial charge in [-0.2, -0.15) is 0 Å². The molecule has 0 heterocycles. The molecule has 0 N–H and O–H groups in total. The van der Waals surface area contributed by atoms with Gasteiger partial charge in [0, 0.05) is 13.6 Å². The minimum atomic E-state index is 0.904. The summed E-state index contributed by atoms with van der Waals surface area (Å²) in [5, 5.41) is 0. The highest BCUT2D eigenvalue weighted by Crippen LogP contribution is 1.80. The van der Waals surface area contributed by atoms with E-state index in [2.05, 4.69) is 0 Å². The first kappa shape index (κ1) is 5.25. The summed E-state index contributed by atoms with van der Waals surface area (Å²) in [6.45, 7) is 2.90. The van der Waals surface area contributed by atoms with Crippen LogP contribution in [0.4, 0.5) is 0 Å². The fourth-order valence-electron chi connectivity index (χ4n) is 0. The molecule has 0 unspecified atom stereocenters. The van der Waals surface area contributed by atoms with E-state index in [9.17, 15) is 0 Å². The van der Waals surface area contributed by atoms with Gasteiger partial charge in [-0.15, -0.1) is 0 Å². The Balaban J connectivity index is 2.54. The third-order valence-electron chi connectivity index (χ3n) is 0.436. The van der Waals surface area contributed by atoms with Crippen molar-refractivity contribution < 1.29 is 0 Å². The summed E-state index contributed by atoms with van der Waals surface area (Å²) in [7, 11) is 1.82. The summed E-state index contributed by atoms with van der Waals surface area (Å²) >= 11 is 5.30. The van der Waals surface area contributed by atoms with Gasteiger partial charge in [0.1, 0.15) is 0 Å². The van der Waals surface area contributed by atoms with Crippen molar-refractivity contribution in [3.05, 3.63) is 0 Å². The van der Waals surface area contributed by atoms with Crippen LogP contribution in [0.5, 0.6) is 0 Å². The van der Waals surface area contributed by atoms with E-state index in [1.165, 1.54) is 0 Å². The van der Waals surface area contributed by atoms with E-state index in [1.54, 1.807) is 4.42 Å². The molecule has 0 bridgehead atoms. The van der Waals surface area contributed by atoms with Gasteiger partial charge in [-0.1, -0.05) is 6.92 Å². The Hall–Kier alpha value is 0.250. The van der Waals surface area contributed by atoms with E-state index in [-0.39, 0.29) is 0 Å². The maximum atomic E-state index is 5.30. The number of hydrogen-bond acceptors (Lipinski definition) is 1. The first-order valence-electron chi connectivity index (χ1n) is 1.64. The first-order valence-corrected chi connectivity index (χ1v) is 1.98. The molecule has 0 saturated heterocycles. The SMILES string of the molecule is CCN(C)Cl. The second kappa shape index (κ2) is 2.49. The minimum Gasteiger partial charge on any atom is -0.224 e. The number of halogens is 1. The average Bonchev–Trinajstić information content (AvgIpc) is 1.38. The third-order valence-corrected chi connectivity index (χ3v) is 0.675. The summed E-state index contributed by atoms with van der Waals surface area (Å²) in [4.78, 5) is 0. The Morgan fingerprint density at radius 1 is 1.80 bits per heavy atom. The Kier molecular flexibility index (Phi) is 2.61. The van der Waals surface area contributed by atoms with Crippen LogP contribution >= 0.6 is 11.8 Å². The summed E-state index contributed by atoms with van der Waals surface area (Å²) in [6.07, 6.45) is 0. The van der Waals surface area contributed by atoms with Crippen LogP contribution in [0.15, 0.2) is 0 Å². The van der Waals surface area contributed by atoms with Crippen molar-refractivity contribution in [3.8, 4) is 0 Å². The highest BCUT2D eigenvalue weighted by atomic mass is 35.5. The van der Waals surface area contributed by atoms with Crippen molar-refractivity contribution in [1.82, 2.24) is 4.42 Å². The third kappa shape index (κ3) is 4.25. The van der Waals surface area contributed by atoms with Gasteiger partial charge in [-0.05, 0) is 11.8 Å². The second-order valence-corrected chi connectivity index (χ2v) is 1.50. The highest BCUT2D eigenvalue weighted by Gasteiger charge is 1.75. The number of hydrogen-bond donors (Lipinski definition) is 0. The maximum Gasteiger partial charge on any atom is 0.0107 e. The van der Waals surface area contributed by atoms with Crippen LogP contribution in [0, 0.1) is 0 Å². The summed E-state index contributed by atoms with van der Waals surface area (Å²) in [6, 6.07) is 0. The molecule has 0 aliphatic rings. The Morgan fingerprint density at radius 3 is 2.00 bits per heavy atom. The Morgan fingerprint density at radius 2 is 2.00 bits per heavy atom. The van der Waals surface area contributed by atoms with Gasteiger partial charge in [-0.25, -0.2) is 4.42 Å². The molecule has 1 nitrogen and oxygen atoms in total. The topological polar surface area (TPSA) is 3.24 Å². The van der Waals surface area contributed by atoms with Crippen LogP contribution in [0.1, 0.15) is 6.92 Å². The van der Waals surface area contributed by atoms with Crippen LogP contribution in [0.3, 0.4) is 0 Å². The lowest BCUT2D eigenvalue weighted by atomic mass is 10.8. The molecule has 0 aliphatic heterocycles. The van der Waals surface area contributed by atoms with Gasteiger partial charge < -0.3 is 0 Å². The van der Waals surface area contributed by atoms with Crippen LogP contribution in [0.2, 0.25) is 0 Å². The van der Waals surface area contributed by atoms with Gasteiger partial charge in [-0.3, -0.25) is 0 Å². The lowest BCUT2D eigenvalue weighted by molar-refractivity contribution is 0.583. The van der Waals surface area contributed by atoms with E-state index in [0.717, 1.165) is 6.54 Å². The number of nitrogens with zero attached hydrogens (tertiary/aromatic N) is 1. The quantitative estimate of drug-likeness (QED) is 0.439.